The lowest BCUT2D eigenvalue weighted by molar-refractivity contribution is 0.345. The number of pyridine rings is 1. The zero-order valence-electron chi connectivity index (χ0n) is 10.7. The maximum absolute atomic E-state index is 4.44. The minimum absolute atomic E-state index is 0.747. The Balaban J connectivity index is 1.53. The normalized spacial score (nSPS) is 17.1. The fourth-order valence-electron chi connectivity index (χ4n) is 2.77. The highest BCUT2D eigenvalue weighted by Crippen LogP contribution is 2.25. The molecule has 18 heavy (non-hydrogen) atoms. The molecule has 0 spiro atoms. The summed E-state index contributed by atoms with van der Waals surface area (Å²) in [6, 6.07) is 5.92. The Morgan fingerprint density at radius 3 is 2.94 bits per heavy atom. The van der Waals surface area contributed by atoms with Gasteiger partial charge < -0.3 is 5.32 Å². The third kappa shape index (κ3) is 2.63. The van der Waals surface area contributed by atoms with E-state index < -0.39 is 0 Å². The molecule has 0 aromatic carbocycles. The van der Waals surface area contributed by atoms with Crippen molar-refractivity contribution in [2.45, 2.75) is 38.5 Å². The van der Waals surface area contributed by atoms with Crippen LogP contribution in [0.4, 0.5) is 5.95 Å². The molecule has 1 N–H and O–H groups in total. The van der Waals surface area contributed by atoms with Crippen molar-refractivity contribution >= 4 is 11.6 Å². The molecule has 0 atom stereocenters. The summed E-state index contributed by atoms with van der Waals surface area (Å²) in [7, 11) is 0. The molecule has 4 heteroatoms. The first-order valence-electron chi connectivity index (χ1n) is 6.97. The number of nitrogens with one attached hydrogen (secondary N) is 1. The Labute approximate surface area is 107 Å². The van der Waals surface area contributed by atoms with E-state index in [1.807, 2.05) is 28.9 Å². The molecule has 1 saturated carbocycles. The maximum atomic E-state index is 4.44. The Morgan fingerprint density at radius 1 is 1.22 bits per heavy atom. The Kier molecular flexibility index (Phi) is 3.44. The summed E-state index contributed by atoms with van der Waals surface area (Å²) in [6.07, 6.45) is 10.2. The van der Waals surface area contributed by atoms with Gasteiger partial charge in [0.25, 0.3) is 0 Å². The van der Waals surface area contributed by atoms with Crippen molar-refractivity contribution in [2.24, 2.45) is 5.92 Å². The summed E-state index contributed by atoms with van der Waals surface area (Å²) in [5.74, 6) is 1.65. The second-order valence-corrected chi connectivity index (χ2v) is 5.16. The van der Waals surface area contributed by atoms with Crippen molar-refractivity contribution in [3.63, 3.8) is 0 Å². The monoisotopic (exact) mass is 244 g/mol. The zero-order valence-corrected chi connectivity index (χ0v) is 10.7. The van der Waals surface area contributed by atoms with E-state index in [0.717, 1.165) is 24.1 Å². The van der Waals surface area contributed by atoms with Crippen molar-refractivity contribution in [3.05, 3.63) is 24.4 Å². The van der Waals surface area contributed by atoms with E-state index in [9.17, 15) is 0 Å². The first-order valence-corrected chi connectivity index (χ1v) is 6.97. The largest absolute Gasteiger partial charge is 0.353 e. The fraction of sp³-hybridized carbons (Fsp3) is 0.571. The van der Waals surface area contributed by atoms with E-state index in [2.05, 4.69) is 15.4 Å². The van der Waals surface area contributed by atoms with Gasteiger partial charge in [-0.15, -0.1) is 5.10 Å². The van der Waals surface area contributed by atoms with Gasteiger partial charge in [-0.3, -0.25) is 0 Å². The molecule has 0 aliphatic heterocycles. The van der Waals surface area contributed by atoms with Crippen LogP contribution in [0.1, 0.15) is 38.5 Å². The number of hydrogen-bond donors (Lipinski definition) is 1. The highest BCUT2D eigenvalue weighted by atomic mass is 15.3. The predicted octanol–water partition coefficient (Wildman–Crippen LogP) is 3.11. The average Bonchev–Trinajstić information content (AvgIpc) is 2.82. The average molecular weight is 244 g/mol. The van der Waals surface area contributed by atoms with Gasteiger partial charge in [-0.2, -0.15) is 4.98 Å². The number of aromatic nitrogens is 3. The SMILES string of the molecule is c1ccn2nc(NCCC3CCCCC3)nc2c1. The topological polar surface area (TPSA) is 42.2 Å². The van der Waals surface area contributed by atoms with Gasteiger partial charge in [0.05, 0.1) is 0 Å². The third-order valence-corrected chi connectivity index (χ3v) is 3.80. The highest BCUT2D eigenvalue weighted by Gasteiger charge is 2.13. The van der Waals surface area contributed by atoms with Crippen LogP contribution in [0.5, 0.6) is 0 Å². The molecule has 3 rings (SSSR count). The van der Waals surface area contributed by atoms with Crippen LogP contribution in [0.3, 0.4) is 0 Å². The molecule has 1 aliphatic rings. The van der Waals surface area contributed by atoms with E-state index in [4.69, 9.17) is 0 Å². The van der Waals surface area contributed by atoms with Crippen LogP contribution < -0.4 is 5.32 Å². The fourth-order valence-corrected chi connectivity index (χ4v) is 2.77. The third-order valence-electron chi connectivity index (χ3n) is 3.80. The van der Waals surface area contributed by atoms with Crippen LogP contribution in [0.2, 0.25) is 0 Å². The van der Waals surface area contributed by atoms with Gasteiger partial charge in [-0.05, 0) is 24.5 Å². The highest BCUT2D eigenvalue weighted by molar-refractivity contribution is 5.42. The lowest BCUT2D eigenvalue weighted by Gasteiger charge is -2.21. The first-order chi connectivity index (χ1) is 8.92. The lowest BCUT2D eigenvalue weighted by atomic mass is 9.87. The van der Waals surface area contributed by atoms with Crippen LogP contribution in [0.15, 0.2) is 24.4 Å². The minimum atomic E-state index is 0.747. The molecule has 96 valence electrons. The van der Waals surface area contributed by atoms with E-state index in [0.29, 0.717) is 0 Å². The van der Waals surface area contributed by atoms with Crippen molar-refractivity contribution in [3.8, 4) is 0 Å². The van der Waals surface area contributed by atoms with E-state index in [1.54, 1.807) is 0 Å². The molecule has 2 heterocycles. The van der Waals surface area contributed by atoms with E-state index >= 15 is 0 Å². The van der Waals surface area contributed by atoms with Crippen molar-refractivity contribution in [1.82, 2.24) is 14.6 Å². The molecule has 0 bridgehead atoms. The molecule has 2 aromatic rings. The maximum Gasteiger partial charge on any atom is 0.243 e. The number of rotatable bonds is 4. The van der Waals surface area contributed by atoms with Gasteiger partial charge in [0.1, 0.15) is 0 Å². The van der Waals surface area contributed by atoms with Crippen molar-refractivity contribution in [1.29, 1.82) is 0 Å². The first kappa shape index (κ1) is 11.5. The van der Waals surface area contributed by atoms with Crippen LogP contribution in [0, 0.1) is 5.92 Å². The quantitative estimate of drug-likeness (QED) is 0.898. The Bertz CT molecular complexity index is 466. The molecule has 4 nitrogen and oxygen atoms in total. The van der Waals surface area contributed by atoms with E-state index in [1.165, 1.54) is 38.5 Å². The second kappa shape index (κ2) is 5.38. The minimum Gasteiger partial charge on any atom is -0.353 e. The molecular weight excluding hydrogens is 224 g/mol. The van der Waals surface area contributed by atoms with Crippen molar-refractivity contribution in [2.75, 3.05) is 11.9 Å². The van der Waals surface area contributed by atoms with Crippen LogP contribution in [-0.4, -0.2) is 21.1 Å². The van der Waals surface area contributed by atoms with Gasteiger partial charge in [-0.1, -0.05) is 38.2 Å². The summed E-state index contributed by atoms with van der Waals surface area (Å²) in [5.41, 5.74) is 0.901. The molecule has 1 fully saturated rings. The van der Waals surface area contributed by atoms with Crippen molar-refractivity contribution < 1.29 is 0 Å². The number of nitrogens with zero attached hydrogens (tertiary/aromatic N) is 3. The number of anilines is 1. The molecule has 1 aliphatic carbocycles. The van der Waals surface area contributed by atoms with Gasteiger partial charge in [-0.25, -0.2) is 4.52 Å². The summed E-state index contributed by atoms with van der Waals surface area (Å²) >= 11 is 0. The van der Waals surface area contributed by atoms with Crippen LogP contribution >= 0.6 is 0 Å². The van der Waals surface area contributed by atoms with Gasteiger partial charge in [0.15, 0.2) is 5.65 Å². The molecule has 0 unspecified atom stereocenters. The molecule has 0 radical (unpaired) electrons. The van der Waals surface area contributed by atoms with Gasteiger partial charge in [0, 0.05) is 12.7 Å². The zero-order chi connectivity index (χ0) is 12.2. The molecular formula is C14H20N4. The lowest BCUT2D eigenvalue weighted by Crippen LogP contribution is -2.12. The summed E-state index contributed by atoms with van der Waals surface area (Å²) in [4.78, 5) is 4.44. The molecule has 0 amide bonds. The van der Waals surface area contributed by atoms with E-state index in [-0.39, 0.29) is 0 Å². The smallest absolute Gasteiger partial charge is 0.243 e. The standard InChI is InChI=1S/C14H20N4/c1-2-6-12(7-3-1)9-10-15-14-16-13-8-4-5-11-18(13)17-14/h4-5,8,11-12H,1-3,6-7,9-10H2,(H,15,17). The Hall–Kier alpha value is -1.58. The predicted molar refractivity (Wildman–Crippen MR) is 72.7 cm³/mol. The number of hydrogen-bond acceptors (Lipinski definition) is 3. The number of fused-ring (bicyclic) bond motifs is 1. The van der Waals surface area contributed by atoms with Gasteiger partial charge in [0.2, 0.25) is 5.95 Å². The molecule has 2 aromatic heterocycles. The van der Waals surface area contributed by atoms with Gasteiger partial charge >= 0.3 is 0 Å². The van der Waals surface area contributed by atoms with Crippen LogP contribution in [-0.2, 0) is 0 Å². The second-order valence-electron chi connectivity index (χ2n) is 5.16. The summed E-state index contributed by atoms with van der Waals surface area (Å²) in [5, 5.41) is 7.73. The Morgan fingerprint density at radius 2 is 2.11 bits per heavy atom. The summed E-state index contributed by atoms with van der Waals surface area (Å²) < 4.78 is 1.81. The van der Waals surface area contributed by atoms with Crippen LogP contribution in [0.25, 0.3) is 5.65 Å². The molecule has 0 saturated heterocycles. The summed E-state index contributed by atoms with van der Waals surface area (Å²) in [6.45, 7) is 0.988.